The lowest BCUT2D eigenvalue weighted by Crippen LogP contribution is -2.23. The number of aliphatic hydroxyl groups is 2. The Hall–Kier alpha value is -0.120. The van der Waals surface area contributed by atoms with Gasteiger partial charge < -0.3 is 14.9 Å². The monoisotopic (exact) mass is 190 g/mol. The van der Waals surface area contributed by atoms with Gasteiger partial charge in [0.05, 0.1) is 12.2 Å². The summed E-state index contributed by atoms with van der Waals surface area (Å²) < 4.78 is 5.71. The summed E-state index contributed by atoms with van der Waals surface area (Å²) in [6.07, 6.45) is 3.50. The Balaban J connectivity index is 3.73. The van der Waals surface area contributed by atoms with E-state index in [1.165, 1.54) is 0 Å². The highest BCUT2D eigenvalue weighted by atomic mass is 16.5. The van der Waals surface area contributed by atoms with Crippen LogP contribution in [0, 0.1) is 0 Å². The highest BCUT2D eigenvalue weighted by Crippen LogP contribution is 2.11. The summed E-state index contributed by atoms with van der Waals surface area (Å²) >= 11 is 0. The van der Waals surface area contributed by atoms with Crippen LogP contribution in [0.2, 0.25) is 0 Å². The molecule has 0 aromatic heterocycles. The second-order valence-electron chi connectivity index (χ2n) is 3.22. The predicted molar refractivity (Wildman–Crippen MR) is 52.6 cm³/mol. The Labute approximate surface area is 80.7 Å². The zero-order chi connectivity index (χ0) is 10.1. The average molecular weight is 190 g/mol. The average Bonchev–Trinajstić information content (AvgIpc) is 2.16. The number of aliphatic hydroxyl groups excluding tert-OH is 2. The molecule has 13 heavy (non-hydrogen) atoms. The predicted octanol–water partition coefficient (Wildman–Crippen LogP) is 1.32. The van der Waals surface area contributed by atoms with Gasteiger partial charge in [0, 0.05) is 13.2 Å². The summed E-state index contributed by atoms with van der Waals surface area (Å²) in [5, 5.41) is 17.5. The number of ether oxygens (including phenoxy) is 1. The fourth-order valence-corrected chi connectivity index (χ4v) is 1.30. The van der Waals surface area contributed by atoms with Crippen LogP contribution in [0.5, 0.6) is 0 Å². The molecule has 0 radical (unpaired) electrons. The van der Waals surface area contributed by atoms with Crippen molar-refractivity contribution in [2.75, 3.05) is 13.2 Å². The van der Waals surface area contributed by atoms with Crippen LogP contribution in [-0.4, -0.2) is 35.6 Å². The van der Waals surface area contributed by atoms with Gasteiger partial charge in [-0.25, -0.2) is 0 Å². The molecule has 0 rings (SSSR count). The van der Waals surface area contributed by atoms with E-state index in [9.17, 15) is 0 Å². The van der Waals surface area contributed by atoms with Gasteiger partial charge in [-0.3, -0.25) is 0 Å². The SMILES string of the molecule is CCC(CCO)OC(CC)CCO. The van der Waals surface area contributed by atoms with Crippen LogP contribution in [0.25, 0.3) is 0 Å². The van der Waals surface area contributed by atoms with Crippen molar-refractivity contribution in [1.82, 2.24) is 0 Å². The highest BCUT2D eigenvalue weighted by molar-refractivity contribution is 4.61. The number of hydrogen-bond donors (Lipinski definition) is 2. The van der Waals surface area contributed by atoms with Crippen molar-refractivity contribution >= 4 is 0 Å². The molecule has 2 atom stereocenters. The molecule has 0 aliphatic heterocycles. The minimum Gasteiger partial charge on any atom is -0.396 e. The van der Waals surface area contributed by atoms with Gasteiger partial charge in [0.1, 0.15) is 0 Å². The largest absolute Gasteiger partial charge is 0.396 e. The van der Waals surface area contributed by atoms with Gasteiger partial charge >= 0.3 is 0 Å². The lowest BCUT2D eigenvalue weighted by atomic mass is 10.1. The van der Waals surface area contributed by atoms with E-state index in [0.717, 1.165) is 12.8 Å². The van der Waals surface area contributed by atoms with Gasteiger partial charge in [-0.2, -0.15) is 0 Å². The Morgan fingerprint density at radius 1 is 0.923 bits per heavy atom. The third kappa shape index (κ3) is 6.02. The maximum absolute atomic E-state index is 8.75. The van der Waals surface area contributed by atoms with Gasteiger partial charge in [-0.05, 0) is 25.7 Å². The lowest BCUT2D eigenvalue weighted by molar-refractivity contribution is -0.0357. The molecule has 0 aliphatic carbocycles. The number of rotatable bonds is 8. The summed E-state index contributed by atoms with van der Waals surface area (Å²) in [4.78, 5) is 0. The third-order valence-corrected chi connectivity index (χ3v) is 2.20. The summed E-state index contributed by atoms with van der Waals surface area (Å²) in [5.74, 6) is 0. The van der Waals surface area contributed by atoms with E-state index in [2.05, 4.69) is 0 Å². The fraction of sp³-hybridized carbons (Fsp3) is 1.00. The Kier molecular flexibility index (Phi) is 8.40. The molecule has 80 valence electrons. The smallest absolute Gasteiger partial charge is 0.0598 e. The fourth-order valence-electron chi connectivity index (χ4n) is 1.30. The third-order valence-electron chi connectivity index (χ3n) is 2.20. The van der Waals surface area contributed by atoms with Crippen LogP contribution in [0.15, 0.2) is 0 Å². The van der Waals surface area contributed by atoms with E-state index < -0.39 is 0 Å². The van der Waals surface area contributed by atoms with E-state index in [1.807, 2.05) is 13.8 Å². The van der Waals surface area contributed by atoms with Crippen LogP contribution in [0.4, 0.5) is 0 Å². The molecule has 0 amide bonds. The molecule has 0 aromatic rings. The van der Waals surface area contributed by atoms with Crippen molar-refractivity contribution in [3.05, 3.63) is 0 Å². The molecule has 2 unspecified atom stereocenters. The standard InChI is InChI=1S/C10H22O3/c1-3-9(5-7-11)13-10(4-2)6-8-12/h9-12H,3-8H2,1-2H3. The van der Waals surface area contributed by atoms with Crippen molar-refractivity contribution in [3.63, 3.8) is 0 Å². The molecule has 0 aliphatic rings. The highest BCUT2D eigenvalue weighted by Gasteiger charge is 2.12. The second kappa shape index (κ2) is 8.48. The summed E-state index contributed by atoms with van der Waals surface area (Å²) in [6, 6.07) is 0. The molecule has 0 heterocycles. The molecule has 0 spiro atoms. The van der Waals surface area contributed by atoms with Gasteiger partial charge in [-0.1, -0.05) is 13.8 Å². The van der Waals surface area contributed by atoms with E-state index in [-0.39, 0.29) is 25.4 Å². The van der Waals surface area contributed by atoms with Crippen molar-refractivity contribution in [2.45, 2.75) is 51.7 Å². The molecule has 2 N–H and O–H groups in total. The first-order chi connectivity index (χ1) is 6.28. The topological polar surface area (TPSA) is 49.7 Å². The zero-order valence-corrected chi connectivity index (χ0v) is 8.70. The molecular weight excluding hydrogens is 168 g/mol. The van der Waals surface area contributed by atoms with E-state index in [0.29, 0.717) is 12.8 Å². The second-order valence-corrected chi connectivity index (χ2v) is 3.22. The number of hydrogen-bond acceptors (Lipinski definition) is 3. The molecule has 0 fully saturated rings. The Bertz CT molecular complexity index is 94.3. The molecule has 3 nitrogen and oxygen atoms in total. The first kappa shape index (κ1) is 12.9. The van der Waals surface area contributed by atoms with Crippen molar-refractivity contribution in [2.24, 2.45) is 0 Å². The minimum absolute atomic E-state index is 0.140. The first-order valence-corrected chi connectivity index (χ1v) is 5.15. The molecule has 3 heteroatoms. The van der Waals surface area contributed by atoms with Crippen LogP contribution in [0.1, 0.15) is 39.5 Å². The van der Waals surface area contributed by atoms with Gasteiger partial charge in [0.15, 0.2) is 0 Å². The maximum Gasteiger partial charge on any atom is 0.0598 e. The molecular formula is C10H22O3. The Morgan fingerprint density at radius 2 is 1.31 bits per heavy atom. The van der Waals surface area contributed by atoms with Crippen LogP contribution in [0.3, 0.4) is 0 Å². The molecule has 0 bridgehead atoms. The molecule has 0 saturated heterocycles. The quantitative estimate of drug-likeness (QED) is 0.607. The van der Waals surface area contributed by atoms with Crippen LogP contribution >= 0.6 is 0 Å². The van der Waals surface area contributed by atoms with Gasteiger partial charge in [-0.15, -0.1) is 0 Å². The maximum atomic E-state index is 8.75. The van der Waals surface area contributed by atoms with Crippen molar-refractivity contribution < 1.29 is 14.9 Å². The molecule has 0 aromatic carbocycles. The molecule has 0 saturated carbocycles. The first-order valence-electron chi connectivity index (χ1n) is 5.15. The van der Waals surface area contributed by atoms with Gasteiger partial charge in [0.25, 0.3) is 0 Å². The summed E-state index contributed by atoms with van der Waals surface area (Å²) in [5.41, 5.74) is 0. The zero-order valence-electron chi connectivity index (χ0n) is 8.70. The van der Waals surface area contributed by atoms with Gasteiger partial charge in [0.2, 0.25) is 0 Å². The minimum atomic E-state index is 0.140. The van der Waals surface area contributed by atoms with Crippen LogP contribution < -0.4 is 0 Å². The van der Waals surface area contributed by atoms with E-state index in [4.69, 9.17) is 14.9 Å². The normalized spacial score (nSPS) is 15.7. The summed E-state index contributed by atoms with van der Waals surface area (Å²) in [7, 11) is 0. The van der Waals surface area contributed by atoms with E-state index in [1.54, 1.807) is 0 Å². The summed E-state index contributed by atoms with van der Waals surface area (Å²) in [6.45, 7) is 4.44. The van der Waals surface area contributed by atoms with Crippen molar-refractivity contribution in [3.8, 4) is 0 Å². The van der Waals surface area contributed by atoms with Crippen molar-refractivity contribution in [1.29, 1.82) is 0 Å². The van der Waals surface area contributed by atoms with E-state index >= 15 is 0 Å². The van der Waals surface area contributed by atoms with Crippen LogP contribution in [-0.2, 0) is 4.74 Å². The lowest BCUT2D eigenvalue weighted by Gasteiger charge is -2.22. The Morgan fingerprint density at radius 3 is 1.54 bits per heavy atom.